The van der Waals surface area contributed by atoms with E-state index in [-0.39, 0.29) is 0 Å². The molecule has 0 radical (unpaired) electrons. The first kappa shape index (κ1) is 15.7. The fraction of sp³-hybridized carbons (Fsp3) is 0.471. The Morgan fingerprint density at radius 2 is 2.13 bits per heavy atom. The van der Waals surface area contributed by atoms with E-state index in [1.54, 1.807) is 18.5 Å². The van der Waals surface area contributed by atoms with Gasteiger partial charge >= 0.3 is 5.97 Å². The van der Waals surface area contributed by atoms with Gasteiger partial charge in [0.25, 0.3) is 0 Å². The number of hydrogen-bond acceptors (Lipinski definition) is 4. The van der Waals surface area contributed by atoms with Crippen LogP contribution in [0.4, 0.5) is 0 Å². The summed E-state index contributed by atoms with van der Waals surface area (Å²) in [6.45, 7) is 5.84. The number of likely N-dealkylation sites (tertiary alicyclic amines) is 1. The first-order valence-corrected chi connectivity index (χ1v) is 8.09. The van der Waals surface area contributed by atoms with Crippen LogP contribution >= 0.6 is 0 Å². The molecule has 1 aliphatic rings. The monoisotopic (exact) mass is 314 g/mol. The molecule has 0 saturated carbocycles. The van der Waals surface area contributed by atoms with E-state index in [2.05, 4.69) is 26.6 Å². The number of aryl methyl sites for hydroxylation is 1. The summed E-state index contributed by atoms with van der Waals surface area (Å²) < 4.78 is 2.07. The second-order valence-electron chi connectivity index (χ2n) is 6.03. The maximum atomic E-state index is 11.0. The predicted octanol–water partition coefficient (Wildman–Crippen LogP) is 2.38. The summed E-state index contributed by atoms with van der Waals surface area (Å²) >= 11 is 0. The maximum Gasteiger partial charge on any atom is 0.335 e. The van der Waals surface area contributed by atoms with E-state index in [0.717, 1.165) is 44.8 Å². The molecule has 1 aromatic carbocycles. The highest BCUT2D eigenvalue weighted by molar-refractivity contribution is 5.87. The molecule has 0 bridgehead atoms. The molecular weight excluding hydrogens is 292 g/mol. The molecule has 1 fully saturated rings. The molecule has 1 saturated heterocycles. The first-order valence-electron chi connectivity index (χ1n) is 8.09. The number of rotatable bonds is 5. The minimum Gasteiger partial charge on any atom is -0.478 e. The van der Waals surface area contributed by atoms with Gasteiger partial charge in [0.05, 0.1) is 12.1 Å². The van der Waals surface area contributed by atoms with E-state index in [1.165, 1.54) is 5.56 Å². The van der Waals surface area contributed by atoms with Gasteiger partial charge < -0.3 is 9.67 Å². The highest BCUT2D eigenvalue weighted by Crippen LogP contribution is 2.27. The van der Waals surface area contributed by atoms with Crippen molar-refractivity contribution in [1.82, 2.24) is 19.7 Å². The third kappa shape index (κ3) is 3.59. The average molecular weight is 314 g/mol. The van der Waals surface area contributed by atoms with Gasteiger partial charge in [-0.1, -0.05) is 12.1 Å². The van der Waals surface area contributed by atoms with Gasteiger partial charge in [0.1, 0.15) is 12.2 Å². The van der Waals surface area contributed by atoms with Crippen LogP contribution in [0.3, 0.4) is 0 Å². The summed E-state index contributed by atoms with van der Waals surface area (Å²) in [4.78, 5) is 13.4. The SMILES string of the molecule is CCn1cnnc1CN1CCC[C@@H](c2ccc(C(=O)O)cc2)C1. The van der Waals surface area contributed by atoms with E-state index in [9.17, 15) is 4.79 Å². The lowest BCUT2D eigenvalue weighted by Crippen LogP contribution is -2.34. The van der Waals surface area contributed by atoms with Gasteiger partial charge in [-0.15, -0.1) is 10.2 Å². The molecule has 23 heavy (non-hydrogen) atoms. The third-order valence-corrected chi connectivity index (χ3v) is 4.54. The van der Waals surface area contributed by atoms with E-state index in [0.29, 0.717) is 11.5 Å². The van der Waals surface area contributed by atoms with Gasteiger partial charge in [-0.2, -0.15) is 0 Å². The van der Waals surface area contributed by atoms with Crippen molar-refractivity contribution in [3.05, 3.63) is 47.5 Å². The van der Waals surface area contributed by atoms with Crippen LogP contribution in [0, 0.1) is 0 Å². The third-order valence-electron chi connectivity index (χ3n) is 4.54. The summed E-state index contributed by atoms with van der Waals surface area (Å²) in [5, 5.41) is 17.2. The van der Waals surface area contributed by atoms with E-state index in [1.807, 2.05) is 12.1 Å². The molecule has 1 aliphatic heterocycles. The number of carboxylic acid groups (broad SMARTS) is 1. The van der Waals surface area contributed by atoms with E-state index < -0.39 is 5.97 Å². The molecule has 0 amide bonds. The maximum absolute atomic E-state index is 11.0. The Bertz CT molecular complexity index is 665. The van der Waals surface area contributed by atoms with Gasteiger partial charge in [-0.3, -0.25) is 4.90 Å². The molecule has 6 nitrogen and oxygen atoms in total. The summed E-state index contributed by atoms with van der Waals surface area (Å²) in [7, 11) is 0. The van der Waals surface area contributed by atoms with Crippen LogP contribution in [0.1, 0.15) is 47.4 Å². The zero-order chi connectivity index (χ0) is 16.2. The largest absolute Gasteiger partial charge is 0.478 e. The smallest absolute Gasteiger partial charge is 0.335 e. The molecule has 0 unspecified atom stereocenters. The van der Waals surface area contributed by atoms with Crippen molar-refractivity contribution in [1.29, 1.82) is 0 Å². The van der Waals surface area contributed by atoms with E-state index >= 15 is 0 Å². The fourth-order valence-electron chi connectivity index (χ4n) is 3.23. The lowest BCUT2D eigenvalue weighted by molar-refractivity contribution is 0.0697. The van der Waals surface area contributed by atoms with Crippen LogP contribution < -0.4 is 0 Å². The second kappa shape index (κ2) is 6.91. The number of piperidine rings is 1. The number of carbonyl (C=O) groups is 1. The van der Waals surface area contributed by atoms with Gasteiger partial charge in [0.2, 0.25) is 0 Å². The first-order chi connectivity index (χ1) is 11.2. The number of hydrogen-bond donors (Lipinski definition) is 1. The van der Waals surface area contributed by atoms with Crippen LogP contribution in [0.2, 0.25) is 0 Å². The molecule has 3 rings (SSSR count). The van der Waals surface area contributed by atoms with Crippen molar-refractivity contribution in [3.8, 4) is 0 Å². The molecule has 1 N–H and O–H groups in total. The van der Waals surface area contributed by atoms with Crippen molar-refractivity contribution in [2.75, 3.05) is 13.1 Å². The molecule has 0 aliphatic carbocycles. The van der Waals surface area contributed by atoms with Crippen LogP contribution in [-0.2, 0) is 13.1 Å². The predicted molar refractivity (Wildman–Crippen MR) is 86.3 cm³/mol. The Kier molecular flexibility index (Phi) is 4.71. The van der Waals surface area contributed by atoms with Crippen LogP contribution in [0.15, 0.2) is 30.6 Å². The van der Waals surface area contributed by atoms with E-state index in [4.69, 9.17) is 5.11 Å². The van der Waals surface area contributed by atoms with Crippen LogP contribution in [0.25, 0.3) is 0 Å². The molecule has 0 spiro atoms. The summed E-state index contributed by atoms with van der Waals surface area (Å²) in [6, 6.07) is 7.30. The highest BCUT2D eigenvalue weighted by Gasteiger charge is 2.22. The topological polar surface area (TPSA) is 71.2 Å². The van der Waals surface area contributed by atoms with Crippen molar-refractivity contribution in [3.63, 3.8) is 0 Å². The summed E-state index contributed by atoms with van der Waals surface area (Å²) in [5.74, 6) is 0.583. The van der Waals surface area contributed by atoms with Gasteiger partial charge in [0.15, 0.2) is 0 Å². The Hall–Kier alpha value is -2.21. The lowest BCUT2D eigenvalue weighted by atomic mass is 9.90. The average Bonchev–Trinajstić information content (AvgIpc) is 3.02. The van der Waals surface area contributed by atoms with Crippen molar-refractivity contribution < 1.29 is 9.90 Å². The van der Waals surface area contributed by atoms with Gasteiger partial charge in [0, 0.05) is 13.1 Å². The molecule has 2 heterocycles. The number of nitrogens with zero attached hydrogens (tertiary/aromatic N) is 4. The molecular formula is C17H22N4O2. The molecule has 1 atom stereocenters. The second-order valence-corrected chi connectivity index (χ2v) is 6.03. The highest BCUT2D eigenvalue weighted by atomic mass is 16.4. The Morgan fingerprint density at radius 1 is 1.35 bits per heavy atom. The number of carboxylic acids is 1. The zero-order valence-electron chi connectivity index (χ0n) is 13.4. The molecule has 1 aromatic heterocycles. The van der Waals surface area contributed by atoms with Gasteiger partial charge in [-0.05, 0) is 49.9 Å². The normalized spacial score (nSPS) is 18.9. The minimum atomic E-state index is -0.874. The van der Waals surface area contributed by atoms with Gasteiger partial charge in [-0.25, -0.2) is 4.79 Å². The van der Waals surface area contributed by atoms with Crippen LogP contribution in [0.5, 0.6) is 0 Å². The summed E-state index contributed by atoms with van der Waals surface area (Å²) in [6.07, 6.45) is 4.07. The minimum absolute atomic E-state index is 0.345. The summed E-state index contributed by atoms with van der Waals surface area (Å²) in [5.41, 5.74) is 1.56. The lowest BCUT2D eigenvalue weighted by Gasteiger charge is -2.32. The number of aromatic carboxylic acids is 1. The molecule has 6 heteroatoms. The fourth-order valence-corrected chi connectivity index (χ4v) is 3.23. The standard InChI is InChI=1S/C17H22N4O2/c1-2-21-12-18-19-16(21)11-20-9-3-4-15(10-20)13-5-7-14(8-6-13)17(22)23/h5-8,12,15H,2-4,9-11H2,1H3,(H,22,23)/t15-/m1/s1. The Labute approximate surface area is 135 Å². The van der Waals surface area contributed by atoms with Crippen molar-refractivity contribution in [2.24, 2.45) is 0 Å². The molecule has 122 valence electrons. The molecule has 2 aromatic rings. The zero-order valence-corrected chi connectivity index (χ0v) is 13.4. The number of aromatic nitrogens is 3. The van der Waals surface area contributed by atoms with Crippen molar-refractivity contribution in [2.45, 2.75) is 38.8 Å². The Balaban J connectivity index is 1.67. The Morgan fingerprint density at radius 3 is 2.83 bits per heavy atom. The van der Waals surface area contributed by atoms with Crippen LogP contribution in [-0.4, -0.2) is 43.8 Å². The van der Waals surface area contributed by atoms with Crippen molar-refractivity contribution >= 4 is 5.97 Å². The number of benzene rings is 1. The quantitative estimate of drug-likeness (QED) is 0.917.